The van der Waals surface area contributed by atoms with Crippen molar-refractivity contribution in [1.29, 1.82) is 0 Å². The van der Waals surface area contributed by atoms with E-state index in [0.29, 0.717) is 0 Å². The zero-order valence-corrected chi connectivity index (χ0v) is 26.7. The molecule has 1 spiro atoms. The van der Waals surface area contributed by atoms with Crippen LogP contribution in [0.2, 0.25) is 13.3 Å². The Kier molecular flexibility index (Phi) is 10.8. The van der Waals surface area contributed by atoms with Crippen LogP contribution in [0.25, 0.3) is 0 Å². The van der Waals surface area contributed by atoms with Crippen LogP contribution in [0.4, 0.5) is 0 Å². The van der Waals surface area contributed by atoms with E-state index in [9.17, 15) is 4.79 Å². The van der Waals surface area contributed by atoms with Gasteiger partial charge in [0.05, 0.1) is 0 Å². The van der Waals surface area contributed by atoms with E-state index in [1.54, 1.807) is 3.59 Å². The van der Waals surface area contributed by atoms with Gasteiger partial charge < -0.3 is 0 Å². The van der Waals surface area contributed by atoms with Crippen molar-refractivity contribution in [3.05, 3.63) is 45.7 Å². The molecule has 1 saturated carbocycles. The maximum atomic E-state index is 13.7. The summed E-state index contributed by atoms with van der Waals surface area (Å²) in [5.41, 5.74) is 3.59. The molecule has 2 aliphatic rings. The SMILES string of the molecule is CCC[CH2][Sn]([CH2]CCC)([CH2]CCC)[C]1=CNO[C@@]12CCCC(C(=O)OC(C)(C)C)[C@H]2c1ccccc1. The molecule has 0 saturated heterocycles. The van der Waals surface area contributed by atoms with Gasteiger partial charge in [0.2, 0.25) is 0 Å². The van der Waals surface area contributed by atoms with Gasteiger partial charge in [-0.25, -0.2) is 0 Å². The van der Waals surface area contributed by atoms with Crippen molar-refractivity contribution in [2.75, 3.05) is 0 Å². The second kappa shape index (κ2) is 13.2. The summed E-state index contributed by atoms with van der Waals surface area (Å²) >= 11 is -2.84. The van der Waals surface area contributed by atoms with Gasteiger partial charge in [0, 0.05) is 0 Å². The number of carbonyl (C=O) groups is 1. The molecule has 1 fully saturated rings. The van der Waals surface area contributed by atoms with E-state index in [1.807, 2.05) is 20.8 Å². The summed E-state index contributed by atoms with van der Waals surface area (Å²) in [5, 5.41) is 0. The van der Waals surface area contributed by atoms with Crippen molar-refractivity contribution in [1.82, 2.24) is 5.48 Å². The molecule has 0 radical (unpaired) electrons. The summed E-state index contributed by atoms with van der Waals surface area (Å²) in [6.07, 6.45) is 12.8. The summed E-state index contributed by atoms with van der Waals surface area (Å²) in [7, 11) is 0. The van der Waals surface area contributed by atoms with Crippen molar-refractivity contribution < 1.29 is 14.4 Å². The third-order valence-corrected chi connectivity index (χ3v) is 24.4. The zero-order valence-electron chi connectivity index (χ0n) is 23.8. The molecule has 0 aromatic heterocycles. The average Bonchev–Trinajstić information content (AvgIpc) is 3.27. The number of nitrogens with one attached hydrogen (secondary N) is 1. The van der Waals surface area contributed by atoms with Crippen LogP contribution in [0.15, 0.2) is 40.1 Å². The average molecular weight is 604 g/mol. The molecule has 1 heterocycles. The normalized spacial score (nSPS) is 24.4. The fraction of sp³-hybridized carbons (Fsp3) is 0.710. The van der Waals surface area contributed by atoms with Crippen molar-refractivity contribution in [2.24, 2.45) is 5.92 Å². The first-order valence-electron chi connectivity index (χ1n) is 14.7. The van der Waals surface area contributed by atoms with Gasteiger partial charge in [-0.2, -0.15) is 0 Å². The molecule has 1 aliphatic heterocycles. The van der Waals surface area contributed by atoms with Crippen molar-refractivity contribution >= 4 is 24.3 Å². The van der Waals surface area contributed by atoms with Crippen LogP contribution in [-0.4, -0.2) is 35.5 Å². The van der Waals surface area contributed by atoms with Gasteiger partial charge in [0.15, 0.2) is 0 Å². The summed E-state index contributed by atoms with van der Waals surface area (Å²) in [6, 6.07) is 10.7. The molecule has 202 valence electrons. The molecule has 1 N–H and O–H groups in total. The van der Waals surface area contributed by atoms with Crippen LogP contribution in [0, 0.1) is 5.92 Å². The van der Waals surface area contributed by atoms with Crippen LogP contribution in [0.3, 0.4) is 0 Å². The molecular weight excluding hydrogens is 553 g/mol. The van der Waals surface area contributed by atoms with Gasteiger partial charge in [0.1, 0.15) is 0 Å². The number of rotatable bonds is 12. The molecule has 1 aliphatic carbocycles. The second-order valence-corrected chi connectivity index (χ2v) is 25.3. The summed E-state index contributed by atoms with van der Waals surface area (Å²) in [6.45, 7) is 12.9. The standard InChI is InChI=1S/C19H24NO3.3C4H9.Sn/c1-18(2,3)22-17(21)15-10-7-11-19(12-13-20-23-19)16(15)14-8-5-4-6-9-14;3*1-3-4-2;/h4-6,8-9,13,15-16,20H,7,10-11H2,1-3H3;3*1,3-4H2,2H3;/t15?,16-,19+;;;;/m1..../s1. The van der Waals surface area contributed by atoms with E-state index in [-0.39, 0.29) is 17.8 Å². The summed E-state index contributed by atoms with van der Waals surface area (Å²) < 4.78 is 11.8. The van der Waals surface area contributed by atoms with Crippen LogP contribution < -0.4 is 5.48 Å². The molecule has 1 aromatic carbocycles. The Morgan fingerprint density at radius 2 is 1.61 bits per heavy atom. The molecule has 0 amide bonds. The van der Waals surface area contributed by atoms with Gasteiger partial charge in [-0.1, -0.05) is 0 Å². The number of benzene rings is 1. The Bertz CT molecular complexity index is 841. The Balaban J connectivity index is 2.14. The van der Waals surface area contributed by atoms with Crippen LogP contribution in [0.1, 0.15) is 111 Å². The van der Waals surface area contributed by atoms with Crippen LogP contribution in [-0.2, 0) is 14.4 Å². The number of carbonyl (C=O) groups excluding carboxylic acids is 1. The van der Waals surface area contributed by atoms with Crippen molar-refractivity contribution in [3.63, 3.8) is 0 Å². The molecular formula is C31H51NO3Sn. The Labute approximate surface area is 224 Å². The zero-order chi connectivity index (χ0) is 26.2. The summed E-state index contributed by atoms with van der Waals surface area (Å²) in [4.78, 5) is 20.4. The Morgan fingerprint density at radius 1 is 1.03 bits per heavy atom. The Morgan fingerprint density at radius 3 is 2.14 bits per heavy atom. The maximum absolute atomic E-state index is 13.7. The fourth-order valence-electron chi connectivity index (χ4n) is 6.74. The van der Waals surface area contributed by atoms with E-state index in [1.165, 1.54) is 57.4 Å². The molecule has 4 nitrogen and oxygen atoms in total. The van der Waals surface area contributed by atoms with Crippen molar-refractivity contribution in [3.8, 4) is 0 Å². The predicted octanol–water partition coefficient (Wildman–Crippen LogP) is 8.46. The third-order valence-electron chi connectivity index (χ3n) is 8.33. The number of unbranched alkanes of at least 4 members (excludes halogenated alkanes) is 3. The fourth-order valence-corrected chi connectivity index (χ4v) is 24.6. The first kappa shape index (κ1) is 29.5. The molecule has 0 bridgehead atoms. The number of hydrogen-bond acceptors (Lipinski definition) is 4. The first-order chi connectivity index (χ1) is 17.2. The van der Waals surface area contributed by atoms with E-state index in [4.69, 9.17) is 9.57 Å². The van der Waals surface area contributed by atoms with Gasteiger partial charge in [-0.3, -0.25) is 0 Å². The third kappa shape index (κ3) is 6.70. The number of ether oxygens (including phenoxy) is 1. The van der Waals surface area contributed by atoms with Crippen LogP contribution >= 0.6 is 0 Å². The van der Waals surface area contributed by atoms with Gasteiger partial charge >= 0.3 is 226 Å². The molecule has 3 rings (SSSR count). The van der Waals surface area contributed by atoms with E-state index >= 15 is 0 Å². The molecule has 36 heavy (non-hydrogen) atoms. The quantitative estimate of drug-likeness (QED) is 0.192. The molecule has 3 atom stereocenters. The molecule has 1 aromatic rings. The number of hydroxylamine groups is 1. The summed E-state index contributed by atoms with van der Waals surface area (Å²) in [5.74, 6) is -0.289. The topological polar surface area (TPSA) is 47.6 Å². The van der Waals surface area contributed by atoms with E-state index < -0.39 is 29.6 Å². The minimum absolute atomic E-state index is 0.0236. The Hall–Kier alpha value is -1.01. The van der Waals surface area contributed by atoms with Crippen molar-refractivity contribution in [2.45, 2.75) is 130 Å². The van der Waals surface area contributed by atoms with Gasteiger partial charge in [-0.05, 0) is 0 Å². The van der Waals surface area contributed by atoms with Gasteiger partial charge in [0.25, 0.3) is 0 Å². The van der Waals surface area contributed by atoms with Gasteiger partial charge in [-0.15, -0.1) is 0 Å². The number of hydrogen-bond donors (Lipinski definition) is 1. The number of esters is 1. The predicted molar refractivity (Wildman–Crippen MR) is 152 cm³/mol. The van der Waals surface area contributed by atoms with E-state index in [2.05, 4.69) is 62.8 Å². The molecule has 1 unspecified atom stereocenters. The van der Waals surface area contributed by atoms with Crippen LogP contribution in [0.5, 0.6) is 0 Å². The van der Waals surface area contributed by atoms with E-state index in [0.717, 1.165) is 19.3 Å². The minimum atomic E-state index is -2.84. The first-order valence-corrected chi connectivity index (χ1v) is 22.1. The molecule has 5 heteroatoms. The second-order valence-electron chi connectivity index (χ2n) is 12.2. The monoisotopic (exact) mass is 605 g/mol.